The predicted molar refractivity (Wildman–Crippen MR) is 88.2 cm³/mol. The molecule has 1 heterocycles. The summed E-state index contributed by atoms with van der Waals surface area (Å²) >= 11 is 11.9. The van der Waals surface area contributed by atoms with Gasteiger partial charge in [-0.1, -0.05) is 29.3 Å². The Morgan fingerprint density at radius 2 is 1.91 bits per heavy atom. The van der Waals surface area contributed by atoms with Gasteiger partial charge >= 0.3 is 12.1 Å². The van der Waals surface area contributed by atoms with Gasteiger partial charge in [-0.3, -0.25) is 4.90 Å². The number of rotatable bonds is 2. The van der Waals surface area contributed by atoms with Gasteiger partial charge in [-0.2, -0.15) is 0 Å². The van der Waals surface area contributed by atoms with Crippen molar-refractivity contribution in [2.45, 2.75) is 44.8 Å². The Kier molecular flexibility index (Phi) is 5.11. The Labute approximate surface area is 145 Å². The van der Waals surface area contributed by atoms with Crippen LogP contribution in [0.5, 0.6) is 0 Å². The van der Waals surface area contributed by atoms with Gasteiger partial charge in [-0.25, -0.2) is 9.59 Å². The van der Waals surface area contributed by atoms with Crippen LogP contribution in [0.25, 0.3) is 0 Å². The van der Waals surface area contributed by atoms with E-state index in [1.54, 1.807) is 39.0 Å². The van der Waals surface area contributed by atoms with Crippen molar-refractivity contribution >= 4 is 35.3 Å². The van der Waals surface area contributed by atoms with Gasteiger partial charge in [0.1, 0.15) is 11.6 Å². The van der Waals surface area contributed by atoms with E-state index in [0.717, 1.165) is 5.56 Å². The Bertz CT molecular complexity index is 627. The fourth-order valence-corrected chi connectivity index (χ4v) is 3.02. The topological polar surface area (TPSA) is 66.8 Å². The number of benzene rings is 1. The van der Waals surface area contributed by atoms with Crippen molar-refractivity contribution in [3.8, 4) is 0 Å². The van der Waals surface area contributed by atoms with E-state index in [1.807, 2.05) is 0 Å². The van der Waals surface area contributed by atoms with Crippen molar-refractivity contribution in [2.24, 2.45) is 0 Å². The highest BCUT2D eigenvalue weighted by atomic mass is 35.5. The summed E-state index contributed by atoms with van der Waals surface area (Å²) in [6.45, 7) is 5.55. The van der Waals surface area contributed by atoms with Crippen molar-refractivity contribution < 1.29 is 19.4 Å². The summed E-state index contributed by atoms with van der Waals surface area (Å²) in [6.07, 6.45) is -0.0961. The second-order valence-electron chi connectivity index (χ2n) is 6.53. The molecule has 1 fully saturated rings. The molecule has 1 saturated heterocycles. The molecule has 1 unspecified atom stereocenters. The molecule has 0 bridgehead atoms. The molecule has 0 radical (unpaired) electrons. The Morgan fingerprint density at radius 1 is 1.26 bits per heavy atom. The van der Waals surface area contributed by atoms with Gasteiger partial charge in [-0.15, -0.1) is 0 Å². The lowest BCUT2D eigenvalue weighted by Crippen LogP contribution is -2.45. The van der Waals surface area contributed by atoms with Crippen molar-refractivity contribution in [1.29, 1.82) is 0 Å². The Hall–Kier alpha value is -1.46. The number of carboxylic acids is 1. The molecule has 2 rings (SSSR count). The number of aliphatic carboxylic acids is 1. The third-order valence-corrected chi connectivity index (χ3v) is 4.39. The van der Waals surface area contributed by atoms with Crippen LogP contribution >= 0.6 is 23.2 Å². The molecule has 1 amide bonds. The molecule has 23 heavy (non-hydrogen) atoms. The third kappa shape index (κ3) is 4.09. The van der Waals surface area contributed by atoms with Gasteiger partial charge < -0.3 is 9.84 Å². The summed E-state index contributed by atoms with van der Waals surface area (Å²) in [7, 11) is 0. The molecular weight excluding hydrogens is 341 g/mol. The van der Waals surface area contributed by atoms with Gasteiger partial charge in [0.15, 0.2) is 0 Å². The molecule has 1 aliphatic heterocycles. The third-order valence-electron chi connectivity index (χ3n) is 3.65. The van der Waals surface area contributed by atoms with Gasteiger partial charge in [-0.05, 0) is 44.9 Å². The fraction of sp³-hybridized carbons (Fsp3) is 0.500. The van der Waals surface area contributed by atoms with Gasteiger partial charge in [0.05, 0.1) is 10.0 Å². The Morgan fingerprint density at radius 3 is 2.43 bits per heavy atom. The molecular formula is C16H19Cl2NO4. The number of hydrogen-bond donors (Lipinski definition) is 1. The maximum Gasteiger partial charge on any atom is 0.411 e. The minimum absolute atomic E-state index is 0.316. The number of carbonyl (C=O) groups excluding carboxylic acids is 1. The van der Waals surface area contributed by atoms with Gasteiger partial charge in [0.25, 0.3) is 0 Å². The van der Waals surface area contributed by atoms with Gasteiger partial charge in [0.2, 0.25) is 0 Å². The van der Waals surface area contributed by atoms with Crippen LogP contribution in [0.2, 0.25) is 10.0 Å². The van der Waals surface area contributed by atoms with E-state index in [4.69, 9.17) is 27.9 Å². The van der Waals surface area contributed by atoms with Crippen LogP contribution in [-0.4, -0.2) is 40.3 Å². The quantitative estimate of drug-likeness (QED) is 0.860. The number of likely N-dealkylation sites (tertiary alicyclic amines) is 1. The van der Waals surface area contributed by atoms with E-state index in [0.29, 0.717) is 23.0 Å². The van der Waals surface area contributed by atoms with Crippen molar-refractivity contribution in [3.05, 3.63) is 33.8 Å². The van der Waals surface area contributed by atoms with Crippen molar-refractivity contribution in [2.75, 3.05) is 6.54 Å². The molecule has 2 atom stereocenters. The molecule has 0 saturated carbocycles. The summed E-state index contributed by atoms with van der Waals surface area (Å²) in [4.78, 5) is 25.2. The lowest BCUT2D eigenvalue weighted by molar-refractivity contribution is -0.142. The Balaban J connectivity index is 2.27. The zero-order valence-electron chi connectivity index (χ0n) is 13.2. The maximum atomic E-state index is 12.3. The average molecular weight is 360 g/mol. The van der Waals surface area contributed by atoms with Crippen LogP contribution in [0.4, 0.5) is 4.79 Å². The first-order valence-electron chi connectivity index (χ1n) is 7.27. The smallest absolute Gasteiger partial charge is 0.411 e. The van der Waals surface area contributed by atoms with E-state index in [9.17, 15) is 14.7 Å². The van der Waals surface area contributed by atoms with E-state index in [1.165, 1.54) is 4.90 Å². The highest BCUT2D eigenvalue weighted by Crippen LogP contribution is 2.37. The number of carbonyl (C=O) groups is 2. The normalized spacial score (nSPS) is 21.3. The summed E-state index contributed by atoms with van der Waals surface area (Å²) in [6, 6.07) is 4.05. The van der Waals surface area contributed by atoms with Crippen LogP contribution in [-0.2, 0) is 9.53 Å². The van der Waals surface area contributed by atoms with Crippen LogP contribution < -0.4 is 0 Å². The van der Waals surface area contributed by atoms with Crippen LogP contribution in [0, 0.1) is 0 Å². The first-order chi connectivity index (χ1) is 10.6. The summed E-state index contributed by atoms with van der Waals surface area (Å²) < 4.78 is 5.31. The molecule has 1 aromatic carbocycles. The van der Waals surface area contributed by atoms with E-state index in [2.05, 4.69) is 0 Å². The number of amides is 1. The van der Waals surface area contributed by atoms with Crippen LogP contribution in [0.3, 0.4) is 0 Å². The molecule has 7 heteroatoms. The summed E-state index contributed by atoms with van der Waals surface area (Å²) in [5.41, 5.74) is 0.0693. The summed E-state index contributed by atoms with van der Waals surface area (Å²) in [5.74, 6) is -1.42. The van der Waals surface area contributed by atoms with Crippen LogP contribution in [0.1, 0.15) is 38.7 Å². The zero-order chi connectivity index (χ0) is 17.4. The molecule has 1 aliphatic rings. The SMILES string of the molecule is CC(C)(C)OC(=O)N1CCC(c2ccc(Cl)c(Cl)c2)[C@H]1C(=O)O. The molecule has 0 aliphatic carbocycles. The second-order valence-corrected chi connectivity index (χ2v) is 7.34. The molecule has 1 N–H and O–H groups in total. The predicted octanol–water partition coefficient (Wildman–Crippen LogP) is 4.17. The summed E-state index contributed by atoms with van der Waals surface area (Å²) in [5, 5.41) is 10.3. The molecule has 126 valence electrons. The molecule has 0 spiro atoms. The minimum Gasteiger partial charge on any atom is -0.480 e. The highest BCUT2D eigenvalue weighted by molar-refractivity contribution is 6.42. The first-order valence-corrected chi connectivity index (χ1v) is 8.03. The second kappa shape index (κ2) is 6.57. The zero-order valence-corrected chi connectivity index (χ0v) is 14.7. The van der Waals surface area contributed by atoms with E-state index >= 15 is 0 Å². The lowest BCUT2D eigenvalue weighted by atomic mass is 9.92. The standard InChI is InChI=1S/C16H19Cl2NO4/c1-16(2,3)23-15(22)19-7-6-10(13(19)14(20)21)9-4-5-11(17)12(18)8-9/h4-5,8,10,13H,6-7H2,1-3H3,(H,20,21)/t10?,13-/m0/s1. The molecule has 0 aromatic heterocycles. The van der Waals surface area contributed by atoms with Gasteiger partial charge in [0, 0.05) is 12.5 Å². The largest absolute Gasteiger partial charge is 0.480 e. The molecule has 5 nitrogen and oxygen atoms in total. The van der Waals surface area contributed by atoms with E-state index < -0.39 is 23.7 Å². The van der Waals surface area contributed by atoms with E-state index in [-0.39, 0.29) is 5.92 Å². The average Bonchev–Trinajstić information content (AvgIpc) is 2.85. The number of nitrogens with zero attached hydrogens (tertiary/aromatic N) is 1. The number of halogens is 2. The number of carboxylic acid groups (broad SMARTS) is 1. The monoisotopic (exact) mass is 359 g/mol. The van der Waals surface area contributed by atoms with Crippen molar-refractivity contribution in [1.82, 2.24) is 4.90 Å². The van der Waals surface area contributed by atoms with Crippen LogP contribution in [0.15, 0.2) is 18.2 Å². The first kappa shape index (κ1) is 17.9. The number of hydrogen-bond acceptors (Lipinski definition) is 3. The molecule has 1 aromatic rings. The minimum atomic E-state index is -1.07. The lowest BCUT2D eigenvalue weighted by Gasteiger charge is -2.28. The van der Waals surface area contributed by atoms with Crippen molar-refractivity contribution in [3.63, 3.8) is 0 Å². The fourth-order valence-electron chi connectivity index (χ4n) is 2.72. The highest BCUT2D eigenvalue weighted by Gasteiger charge is 2.44. The number of ether oxygens (including phenoxy) is 1. The maximum absolute atomic E-state index is 12.3.